The minimum atomic E-state index is 0.00514. The zero-order valence-electron chi connectivity index (χ0n) is 8.35. The largest absolute Gasteiger partial charge is 0.506 e. The van der Waals surface area contributed by atoms with Gasteiger partial charge in [-0.1, -0.05) is 6.07 Å². The van der Waals surface area contributed by atoms with Crippen LogP contribution in [0.15, 0.2) is 18.2 Å². The molecule has 0 amide bonds. The third-order valence-electron chi connectivity index (χ3n) is 3.02. The minimum Gasteiger partial charge on any atom is -0.506 e. The molecular formula is C11H13N3O. The van der Waals surface area contributed by atoms with Crippen molar-refractivity contribution in [3.05, 3.63) is 24.0 Å². The predicted octanol–water partition coefficient (Wildman–Crippen LogP) is 1.54. The molecule has 1 unspecified atom stereocenters. The van der Waals surface area contributed by atoms with Crippen LogP contribution in [0.4, 0.5) is 0 Å². The Labute approximate surface area is 87.3 Å². The number of nitrogens with zero attached hydrogens (tertiary/aromatic N) is 2. The van der Waals surface area contributed by atoms with Gasteiger partial charge in [0.05, 0.1) is 11.6 Å². The maximum atomic E-state index is 9.69. The van der Waals surface area contributed by atoms with Crippen LogP contribution in [-0.4, -0.2) is 14.7 Å². The molecule has 78 valence electrons. The van der Waals surface area contributed by atoms with E-state index < -0.39 is 0 Å². The summed E-state index contributed by atoms with van der Waals surface area (Å²) in [5.41, 5.74) is 7.65. The lowest BCUT2D eigenvalue weighted by Gasteiger charge is -2.19. The van der Waals surface area contributed by atoms with E-state index in [-0.39, 0.29) is 11.8 Å². The summed E-state index contributed by atoms with van der Waals surface area (Å²) in [5, 5.41) is 9.69. The number of rotatable bonds is 0. The van der Waals surface area contributed by atoms with Crippen molar-refractivity contribution in [2.45, 2.75) is 25.4 Å². The highest BCUT2D eigenvalue weighted by atomic mass is 16.3. The molecule has 2 aromatic rings. The number of hydrogen-bond acceptors (Lipinski definition) is 3. The van der Waals surface area contributed by atoms with Crippen LogP contribution in [0.2, 0.25) is 0 Å². The highest BCUT2D eigenvalue weighted by molar-refractivity contribution is 5.82. The average molecular weight is 203 g/mol. The number of phenols is 1. The molecule has 0 spiro atoms. The van der Waals surface area contributed by atoms with Gasteiger partial charge in [0.1, 0.15) is 17.1 Å². The molecule has 3 N–H and O–H groups in total. The van der Waals surface area contributed by atoms with Crippen molar-refractivity contribution in [2.24, 2.45) is 5.73 Å². The van der Waals surface area contributed by atoms with Crippen LogP contribution >= 0.6 is 0 Å². The van der Waals surface area contributed by atoms with Crippen molar-refractivity contribution in [3.8, 4) is 5.75 Å². The maximum absolute atomic E-state index is 9.69. The highest BCUT2D eigenvalue weighted by Crippen LogP contribution is 2.30. The van der Waals surface area contributed by atoms with Gasteiger partial charge >= 0.3 is 0 Å². The Kier molecular flexibility index (Phi) is 1.73. The Bertz CT molecular complexity index is 518. The van der Waals surface area contributed by atoms with E-state index in [4.69, 9.17) is 5.73 Å². The van der Waals surface area contributed by atoms with Gasteiger partial charge in [0.2, 0.25) is 0 Å². The van der Waals surface area contributed by atoms with E-state index in [1.165, 1.54) is 0 Å². The van der Waals surface area contributed by atoms with E-state index in [0.717, 1.165) is 30.7 Å². The molecule has 1 aromatic carbocycles. The van der Waals surface area contributed by atoms with Crippen LogP contribution in [0.25, 0.3) is 11.0 Å². The van der Waals surface area contributed by atoms with Gasteiger partial charge in [0.15, 0.2) is 0 Å². The molecule has 0 fully saturated rings. The molecule has 3 rings (SSSR count). The van der Waals surface area contributed by atoms with Crippen LogP contribution < -0.4 is 5.73 Å². The fraction of sp³-hybridized carbons (Fsp3) is 0.364. The lowest BCUT2D eigenvalue weighted by Crippen LogP contribution is -2.21. The van der Waals surface area contributed by atoms with Crippen molar-refractivity contribution >= 4 is 11.0 Å². The second-order valence-electron chi connectivity index (χ2n) is 4.02. The van der Waals surface area contributed by atoms with Crippen LogP contribution in [0.1, 0.15) is 24.7 Å². The predicted molar refractivity (Wildman–Crippen MR) is 57.6 cm³/mol. The number of para-hydroxylation sites is 1. The quantitative estimate of drug-likeness (QED) is 0.682. The molecule has 1 aliphatic rings. The summed E-state index contributed by atoms with van der Waals surface area (Å²) in [6, 6.07) is 5.48. The number of hydrogen-bond donors (Lipinski definition) is 2. The molecular weight excluding hydrogens is 190 g/mol. The summed E-state index contributed by atoms with van der Waals surface area (Å²) >= 11 is 0. The van der Waals surface area contributed by atoms with E-state index in [9.17, 15) is 5.11 Å². The molecule has 1 aromatic heterocycles. The number of imidazole rings is 1. The standard InChI is InChI=1S/C11H13N3O/c12-7-3-2-6-14-8-4-1-5-9(15)10(8)13-11(7)14/h1,4-5,7,15H,2-3,6,12H2. The third kappa shape index (κ3) is 1.15. The van der Waals surface area contributed by atoms with E-state index in [1.54, 1.807) is 6.07 Å². The number of nitrogens with two attached hydrogens (primary N) is 1. The third-order valence-corrected chi connectivity index (χ3v) is 3.02. The van der Waals surface area contributed by atoms with Crippen molar-refractivity contribution in [1.82, 2.24) is 9.55 Å². The number of aromatic nitrogens is 2. The fourth-order valence-electron chi connectivity index (χ4n) is 2.27. The topological polar surface area (TPSA) is 64.1 Å². The Morgan fingerprint density at radius 3 is 3.20 bits per heavy atom. The number of benzene rings is 1. The van der Waals surface area contributed by atoms with Crippen molar-refractivity contribution < 1.29 is 5.11 Å². The zero-order valence-corrected chi connectivity index (χ0v) is 8.35. The molecule has 0 saturated heterocycles. The first-order valence-electron chi connectivity index (χ1n) is 5.21. The molecule has 2 heterocycles. The summed E-state index contributed by atoms with van der Waals surface area (Å²) in [5.74, 6) is 1.14. The summed E-state index contributed by atoms with van der Waals surface area (Å²) in [7, 11) is 0. The number of aryl methyl sites for hydroxylation is 1. The first kappa shape index (κ1) is 8.73. The SMILES string of the molecule is NC1CCCn2c1nc1c(O)cccc12. The second-order valence-corrected chi connectivity index (χ2v) is 4.02. The molecule has 0 bridgehead atoms. The lowest BCUT2D eigenvalue weighted by molar-refractivity contribution is 0.459. The summed E-state index contributed by atoms with van der Waals surface area (Å²) in [4.78, 5) is 4.42. The zero-order chi connectivity index (χ0) is 10.4. The normalized spacial score (nSPS) is 20.5. The molecule has 1 atom stereocenters. The molecule has 0 aliphatic carbocycles. The van der Waals surface area contributed by atoms with Crippen molar-refractivity contribution in [3.63, 3.8) is 0 Å². The highest BCUT2D eigenvalue weighted by Gasteiger charge is 2.21. The van der Waals surface area contributed by atoms with E-state index in [2.05, 4.69) is 9.55 Å². The van der Waals surface area contributed by atoms with Gasteiger partial charge in [-0.3, -0.25) is 0 Å². The van der Waals surface area contributed by atoms with Gasteiger partial charge in [-0.2, -0.15) is 0 Å². The van der Waals surface area contributed by atoms with Gasteiger partial charge in [-0.25, -0.2) is 4.98 Å². The van der Waals surface area contributed by atoms with Gasteiger partial charge in [-0.15, -0.1) is 0 Å². The first-order chi connectivity index (χ1) is 7.27. The average Bonchev–Trinajstić information content (AvgIpc) is 2.60. The Morgan fingerprint density at radius 1 is 1.47 bits per heavy atom. The van der Waals surface area contributed by atoms with E-state index >= 15 is 0 Å². The van der Waals surface area contributed by atoms with Gasteiger partial charge in [0.25, 0.3) is 0 Å². The van der Waals surface area contributed by atoms with E-state index in [0.29, 0.717) is 5.52 Å². The molecule has 4 nitrogen and oxygen atoms in total. The molecule has 4 heteroatoms. The van der Waals surface area contributed by atoms with E-state index in [1.807, 2.05) is 12.1 Å². The maximum Gasteiger partial charge on any atom is 0.143 e. The van der Waals surface area contributed by atoms with Gasteiger partial charge in [0, 0.05) is 6.54 Å². The monoisotopic (exact) mass is 203 g/mol. The summed E-state index contributed by atoms with van der Waals surface area (Å²) < 4.78 is 2.11. The minimum absolute atomic E-state index is 0.00514. The van der Waals surface area contributed by atoms with Gasteiger partial charge < -0.3 is 15.4 Å². The Hall–Kier alpha value is -1.55. The number of fused-ring (bicyclic) bond motifs is 3. The molecule has 1 aliphatic heterocycles. The fourth-order valence-corrected chi connectivity index (χ4v) is 2.27. The molecule has 15 heavy (non-hydrogen) atoms. The van der Waals surface area contributed by atoms with Crippen molar-refractivity contribution in [2.75, 3.05) is 0 Å². The van der Waals surface area contributed by atoms with Crippen molar-refractivity contribution in [1.29, 1.82) is 0 Å². The molecule has 0 saturated carbocycles. The molecule has 0 radical (unpaired) electrons. The summed E-state index contributed by atoms with van der Waals surface area (Å²) in [6.45, 7) is 0.947. The number of phenolic OH excluding ortho intramolecular Hbond substituents is 1. The van der Waals surface area contributed by atoms with Crippen LogP contribution in [0.3, 0.4) is 0 Å². The van der Waals surface area contributed by atoms with Gasteiger partial charge in [-0.05, 0) is 25.0 Å². The smallest absolute Gasteiger partial charge is 0.143 e. The first-order valence-corrected chi connectivity index (χ1v) is 5.21. The Morgan fingerprint density at radius 2 is 2.33 bits per heavy atom. The second kappa shape index (κ2) is 2.97. The van der Waals surface area contributed by atoms with Crippen LogP contribution in [0, 0.1) is 0 Å². The Balaban J connectivity index is 2.35. The lowest BCUT2D eigenvalue weighted by atomic mass is 10.1. The number of aromatic hydroxyl groups is 1. The summed E-state index contributed by atoms with van der Waals surface area (Å²) in [6.07, 6.45) is 2.05. The van der Waals surface area contributed by atoms with Crippen LogP contribution in [0.5, 0.6) is 5.75 Å². The van der Waals surface area contributed by atoms with Crippen LogP contribution in [-0.2, 0) is 6.54 Å².